The predicted molar refractivity (Wildman–Crippen MR) is 161 cm³/mol. The molecule has 4 aromatic carbocycles. The van der Waals surface area contributed by atoms with Gasteiger partial charge in [0.25, 0.3) is 0 Å². The lowest BCUT2D eigenvalue weighted by Gasteiger charge is -2.08. The molecule has 0 amide bonds. The van der Waals surface area contributed by atoms with Crippen molar-refractivity contribution in [2.24, 2.45) is 5.10 Å². The molecule has 0 bridgehead atoms. The molecule has 2 heterocycles. The number of esters is 1. The summed E-state index contributed by atoms with van der Waals surface area (Å²) in [6, 6.07) is 29.7. The zero-order valence-corrected chi connectivity index (χ0v) is 23.1. The van der Waals surface area contributed by atoms with Crippen molar-refractivity contribution < 1.29 is 9.53 Å². The Morgan fingerprint density at radius 1 is 0.950 bits per heavy atom. The zero-order valence-electron chi connectivity index (χ0n) is 21.6. The number of aryl methyl sites for hydroxylation is 1. The van der Waals surface area contributed by atoms with Gasteiger partial charge in [0.2, 0.25) is 5.16 Å². The van der Waals surface area contributed by atoms with E-state index in [4.69, 9.17) is 21.4 Å². The van der Waals surface area contributed by atoms with E-state index in [1.807, 2.05) is 79.0 Å². The lowest BCUT2D eigenvalue weighted by Crippen LogP contribution is -2.02. The Morgan fingerprint density at radius 2 is 1.70 bits per heavy atom. The molecule has 0 saturated heterocycles. The summed E-state index contributed by atoms with van der Waals surface area (Å²) in [7, 11) is 1.40. The van der Waals surface area contributed by atoms with Gasteiger partial charge in [-0.15, -0.1) is 10.2 Å². The van der Waals surface area contributed by atoms with Crippen LogP contribution in [0.2, 0.25) is 5.02 Å². The maximum atomic E-state index is 12.3. The third-order valence-corrected chi connectivity index (χ3v) is 7.86. The Kier molecular flexibility index (Phi) is 7.35. The van der Waals surface area contributed by atoms with E-state index in [1.54, 1.807) is 10.9 Å². The average molecular weight is 566 g/mol. The van der Waals surface area contributed by atoms with Crippen LogP contribution in [0.15, 0.2) is 107 Å². The summed E-state index contributed by atoms with van der Waals surface area (Å²) >= 11 is 7.94. The second-order valence-electron chi connectivity index (χ2n) is 9.00. The molecule has 0 aliphatic heterocycles. The number of thioether (sulfide) groups is 1. The molecule has 0 fully saturated rings. The quantitative estimate of drug-likeness (QED) is 0.111. The minimum atomic E-state index is -0.351. The van der Waals surface area contributed by atoms with E-state index < -0.39 is 0 Å². The first-order valence-corrected chi connectivity index (χ1v) is 14.0. The van der Waals surface area contributed by atoms with Gasteiger partial charge < -0.3 is 9.30 Å². The first kappa shape index (κ1) is 25.9. The van der Waals surface area contributed by atoms with Crippen LogP contribution in [0, 0.1) is 0 Å². The topological polar surface area (TPSA) is 74.3 Å². The zero-order chi connectivity index (χ0) is 27.5. The lowest BCUT2D eigenvalue weighted by molar-refractivity contribution is 0.0602. The van der Waals surface area contributed by atoms with Crippen LogP contribution in [-0.4, -0.2) is 44.5 Å². The Bertz CT molecular complexity index is 1870. The normalized spacial score (nSPS) is 11.6. The van der Waals surface area contributed by atoms with Gasteiger partial charge in [0.1, 0.15) is 0 Å². The number of hydrogen-bond donors (Lipinski definition) is 0. The number of nitrogens with zero attached hydrogens (tertiary/aromatic N) is 5. The van der Waals surface area contributed by atoms with Crippen LogP contribution in [0.3, 0.4) is 0 Å². The maximum Gasteiger partial charge on any atom is 0.340 e. The smallest absolute Gasteiger partial charge is 0.340 e. The molecule has 0 N–H and O–H groups in total. The summed E-state index contributed by atoms with van der Waals surface area (Å²) in [4.78, 5) is 12.3. The monoisotopic (exact) mass is 565 g/mol. The van der Waals surface area contributed by atoms with Crippen molar-refractivity contribution in [2.75, 3.05) is 12.9 Å². The van der Waals surface area contributed by atoms with Crippen molar-refractivity contribution in [3.05, 3.63) is 113 Å². The van der Waals surface area contributed by atoms with Crippen LogP contribution < -0.4 is 0 Å². The van der Waals surface area contributed by atoms with Gasteiger partial charge in [0, 0.05) is 45.5 Å². The molecule has 6 aromatic rings. The molecule has 198 valence electrons. The molecular formula is C31H24ClN5O2S. The molecule has 0 aliphatic carbocycles. The molecule has 7 nitrogen and oxygen atoms in total. The van der Waals surface area contributed by atoms with Crippen molar-refractivity contribution >= 4 is 57.2 Å². The van der Waals surface area contributed by atoms with Crippen molar-refractivity contribution in [3.63, 3.8) is 0 Å². The molecule has 40 heavy (non-hydrogen) atoms. The van der Waals surface area contributed by atoms with Gasteiger partial charge in [-0.1, -0.05) is 102 Å². The number of benzene rings is 4. The minimum Gasteiger partial charge on any atom is -0.465 e. The minimum absolute atomic E-state index is 0.351. The molecule has 0 saturated carbocycles. The number of methoxy groups -OCH3 is 1. The van der Waals surface area contributed by atoms with E-state index in [0.717, 1.165) is 32.8 Å². The van der Waals surface area contributed by atoms with Crippen molar-refractivity contribution in [1.29, 1.82) is 0 Å². The number of aromatic nitrogens is 4. The second-order valence-corrected chi connectivity index (χ2v) is 10.5. The fraction of sp³-hybridized carbons (Fsp3) is 0.0968. The van der Waals surface area contributed by atoms with Crippen LogP contribution in [0.25, 0.3) is 33.1 Å². The molecule has 0 spiro atoms. The van der Waals surface area contributed by atoms with Crippen molar-refractivity contribution in [1.82, 2.24) is 19.4 Å². The number of carbonyl (C=O) groups is 1. The fourth-order valence-corrected chi connectivity index (χ4v) is 5.70. The van der Waals surface area contributed by atoms with Gasteiger partial charge in [0.15, 0.2) is 5.82 Å². The van der Waals surface area contributed by atoms with E-state index >= 15 is 0 Å². The second kappa shape index (κ2) is 11.4. The number of ether oxygens (including phenoxy) is 1. The predicted octanol–water partition coefficient (Wildman–Crippen LogP) is 7.17. The van der Waals surface area contributed by atoms with Crippen LogP contribution in [0.5, 0.6) is 0 Å². The number of fused-ring (bicyclic) bond motifs is 2. The highest BCUT2D eigenvalue weighted by Gasteiger charge is 2.18. The van der Waals surface area contributed by atoms with Crippen LogP contribution >= 0.6 is 23.4 Å². The number of halogens is 1. The molecular weight excluding hydrogens is 542 g/mol. The molecule has 0 radical (unpaired) electrons. The molecule has 6 rings (SSSR count). The van der Waals surface area contributed by atoms with Crippen LogP contribution in [-0.2, 0) is 11.3 Å². The highest BCUT2D eigenvalue weighted by molar-refractivity contribution is 7.99. The highest BCUT2D eigenvalue weighted by atomic mass is 35.5. The molecule has 2 aromatic heterocycles. The van der Waals surface area contributed by atoms with E-state index in [-0.39, 0.29) is 5.97 Å². The Hall–Kier alpha value is -4.40. The molecule has 9 heteroatoms. The Labute approximate surface area is 240 Å². The van der Waals surface area contributed by atoms with Gasteiger partial charge in [0.05, 0.1) is 18.9 Å². The van der Waals surface area contributed by atoms with Gasteiger partial charge in [-0.3, -0.25) is 0 Å². The molecule has 0 atom stereocenters. The lowest BCUT2D eigenvalue weighted by atomic mass is 10.0. The first-order valence-electron chi connectivity index (χ1n) is 12.7. The van der Waals surface area contributed by atoms with Gasteiger partial charge in [-0.2, -0.15) is 9.78 Å². The standard InChI is InChI=1S/C31H24ClN5O2S/c1-39-30(38)26-20-36(28-16-7-5-13-24(26)28)17-18-40-31-35-34-29(25-14-8-11-21-9-2-4-12-23(21)25)37(31)33-19-22-10-3-6-15-27(22)32/h2-16,19-20H,17-18H2,1H3/b33-19+. The summed E-state index contributed by atoms with van der Waals surface area (Å²) in [5.74, 6) is 0.965. The number of carbonyl (C=O) groups excluding carboxylic acids is 1. The molecule has 0 unspecified atom stereocenters. The number of hydrogen-bond acceptors (Lipinski definition) is 6. The van der Waals surface area contributed by atoms with Crippen molar-refractivity contribution in [2.45, 2.75) is 11.7 Å². The van der Waals surface area contributed by atoms with E-state index in [9.17, 15) is 4.79 Å². The summed E-state index contributed by atoms with van der Waals surface area (Å²) in [5.41, 5.74) is 3.26. The average Bonchev–Trinajstić information content (AvgIpc) is 3.57. The number of rotatable bonds is 8. The third-order valence-electron chi connectivity index (χ3n) is 6.62. The Balaban J connectivity index is 1.34. The summed E-state index contributed by atoms with van der Waals surface area (Å²) in [5, 5.41) is 18.2. The largest absolute Gasteiger partial charge is 0.465 e. The summed E-state index contributed by atoms with van der Waals surface area (Å²) < 4.78 is 8.82. The van der Waals surface area contributed by atoms with Crippen molar-refractivity contribution in [3.8, 4) is 11.4 Å². The van der Waals surface area contributed by atoms with Gasteiger partial charge >= 0.3 is 5.97 Å². The Morgan fingerprint density at radius 3 is 2.55 bits per heavy atom. The highest BCUT2D eigenvalue weighted by Crippen LogP contribution is 2.31. The molecule has 0 aliphatic rings. The van der Waals surface area contributed by atoms with Crippen LogP contribution in [0.1, 0.15) is 15.9 Å². The fourth-order valence-electron chi connectivity index (χ4n) is 4.69. The van der Waals surface area contributed by atoms with Gasteiger partial charge in [-0.25, -0.2) is 4.79 Å². The van der Waals surface area contributed by atoms with E-state index in [0.29, 0.717) is 33.9 Å². The SMILES string of the molecule is COC(=O)c1cn(CCSc2nnc(-c3cccc4ccccc34)n2/N=C/c2ccccc2Cl)c2ccccc12. The third kappa shape index (κ3) is 4.99. The van der Waals surface area contributed by atoms with Crippen LogP contribution in [0.4, 0.5) is 0 Å². The van der Waals surface area contributed by atoms with Gasteiger partial charge in [-0.05, 0) is 22.9 Å². The van der Waals surface area contributed by atoms with E-state index in [2.05, 4.69) is 33.0 Å². The number of para-hydroxylation sites is 1. The summed E-state index contributed by atoms with van der Waals surface area (Å²) in [6.07, 6.45) is 3.57. The maximum absolute atomic E-state index is 12.3. The summed E-state index contributed by atoms with van der Waals surface area (Å²) in [6.45, 7) is 0.646. The first-order chi connectivity index (χ1) is 19.6. The van der Waals surface area contributed by atoms with E-state index in [1.165, 1.54) is 18.9 Å².